The highest BCUT2D eigenvalue weighted by Gasteiger charge is 2.51. The van der Waals surface area contributed by atoms with Crippen LogP contribution in [-0.2, 0) is 27.4 Å². The van der Waals surface area contributed by atoms with Crippen molar-refractivity contribution >= 4 is 11.6 Å². The molecule has 1 spiro atoms. The number of aliphatic hydroxyl groups is 1. The second-order valence-electron chi connectivity index (χ2n) is 13.1. The van der Waals surface area contributed by atoms with Crippen molar-refractivity contribution in [2.24, 2.45) is 11.7 Å². The lowest BCUT2D eigenvalue weighted by Crippen LogP contribution is -2.57. The van der Waals surface area contributed by atoms with E-state index < -0.39 is 11.8 Å². The Kier molecular flexibility index (Phi) is 9.12. The van der Waals surface area contributed by atoms with E-state index in [1.54, 1.807) is 0 Å². The summed E-state index contributed by atoms with van der Waals surface area (Å²) in [6.45, 7) is 5.59. The van der Waals surface area contributed by atoms with E-state index in [9.17, 15) is 9.90 Å². The van der Waals surface area contributed by atoms with Crippen LogP contribution in [-0.4, -0.2) is 53.9 Å². The Labute approximate surface area is 277 Å². The monoisotopic (exact) mass is 632 g/mol. The number of rotatable bonds is 8. The first-order chi connectivity index (χ1) is 23.0. The quantitative estimate of drug-likeness (QED) is 0.235. The van der Waals surface area contributed by atoms with Crippen molar-refractivity contribution in [2.45, 2.75) is 57.0 Å². The highest BCUT2D eigenvalue weighted by molar-refractivity contribution is 5.93. The standard InChI is InChI=1S/C39H44N4O4/c1-27-35(24-42-19-17-39(18-20-42)38(45)41-26-43(39)34-11-3-2-4-12-34)46-37(47-36(27)30-15-13-28(25-44)14-16-30)33-10-6-9-32(22-33)31-8-5-7-29(21-31)23-40/h2-16,21-22,27,35-37,44H,17-20,23-26,40H2,1H3,(H,41,45)/t27-,35+,36+,37+/m0/s1. The maximum Gasteiger partial charge on any atom is 0.247 e. The van der Waals surface area contributed by atoms with Gasteiger partial charge in [-0.1, -0.05) is 85.8 Å². The van der Waals surface area contributed by atoms with Crippen LogP contribution < -0.4 is 16.0 Å². The van der Waals surface area contributed by atoms with E-state index in [1.165, 1.54) is 0 Å². The third-order valence-corrected chi connectivity index (χ3v) is 10.3. The summed E-state index contributed by atoms with van der Waals surface area (Å²) in [5, 5.41) is 12.8. The number of anilines is 1. The molecular weight excluding hydrogens is 588 g/mol. The molecule has 3 aliphatic rings. The fourth-order valence-electron chi connectivity index (χ4n) is 7.46. The summed E-state index contributed by atoms with van der Waals surface area (Å²) in [7, 11) is 0. The molecule has 1 amide bonds. The second-order valence-corrected chi connectivity index (χ2v) is 13.1. The summed E-state index contributed by atoms with van der Waals surface area (Å²) >= 11 is 0. The van der Waals surface area contributed by atoms with Gasteiger partial charge in [0.05, 0.1) is 25.5 Å². The van der Waals surface area contributed by atoms with Crippen molar-refractivity contribution in [1.82, 2.24) is 10.2 Å². The fourth-order valence-corrected chi connectivity index (χ4v) is 7.46. The Morgan fingerprint density at radius 1 is 0.851 bits per heavy atom. The normalized spacial score (nSPS) is 24.4. The Balaban J connectivity index is 1.12. The first-order valence-corrected chi connectivity index (χ1v) is 16.7. The minimum absolute atomic E-state index is 0.00401. The molecule has 0 aliphatic carbocycles. The highest BCUT2D eigenvalue weighted by atomic mass is 16.7. The summed E-state index contributed by atoms with van der Waals surface area (Å²) in [6.07, 6.45) is 0.662. The van der Waals surface area contributed by atoms with E-state index >= 15 is 0 Å². The van der Waals surface area contributed by atoms with Gasteiger partial charge in [-0.15, -0.1) is 0 Å². The number of nitrogens with one attached hydrogen (secondary N) is 1. The number of likely N-dealkylation sites (tertiary alicyclic amines) is 1. The molecule has 4 N–H and O–H groups in total. The number of benzene rings is 4. The molecule has 0 saturated carbocycles. The molecule has 3 aliphatic heterocycles. The lowest BCUT2D eigenvalue weighted by atomic mass is 9.84. The van der Waals surface area contributed by atoms with E-state index in [0.29, 0.717) is 13.2 Å². The van der Waals surface area contributed by atoms with E-state index in [4.69, 9.17) is 15.2 Å². The number of para-hydroxylation sites is 1. The van der Waals surface area contributed by atoms with Gasteiger partial charge in [0, 0.05) is 43.3 Å². The molecule has 8 nitrogen and oxygen atoms in total. The van der Waals surface area contributed by atoms with Gasteiger partial charge in [-0.25, -0.2) is 0 Å². The number of carbonyl (C=O) groups excluding carboxylic acids is 1. The molecule has 8 heteroatoms. The molecule has 3 heterocycles. The Morgan fingerprint density at radius 2 is 1.57 bits per heavy atom. The van der Waals surface area contributed by atoms with Gasteiger partial charge < -0.3 is 35.4 Å². The Hall–Kier alpha value is -4.05. The first-order valence-electron chi connectivity index (χ1n) is 16.7. The van der Waals surface area contributed by atoms with Gasteiger partial charge in [0.2, 0.25) is 5.91 Å². The maximum absolute atomic E-state index is 13.3. The number of piperidine rings is 1. The molecule has 0 radical (unpaired) electrons. The molecule has 3 saturated heterocycles. The Morgan fingerprint density at radius 3 is 2.30 bits per heavy atom. The number of ether oxygens (including phenoxy) is 2. The number of carbonyl (C=O) groups is 1. The molecule has 3 fully saturated rings. The molecule has 4 atom stereocenters. The third kappa shape index (κ3) is 6.32. The molecule has 7 rings (SSSR count). The predicted octanol–water partition coefficient (Wildman–Crippen LogP) is 5.52. The van der Waals surface area contributed by atoms with Crippen LogP contribution in [0.4, 0.5) is 5.69 Å². The molecule has 244 valence electrons. The van der Waals surface area contributed by atoms with Crippen LogP contribution >= 0.6 is 0 Å². The van der Waals surface area contributed by atoms with Gasteiger partial charge in [-0.05, 0) is 64.9 Å². The number of hydrogen-bond acceptors (Lipinski definition) is 7. The summed E-state index contributed by atoms with van der Waals surface area (Å²) in [5.41, 5.74) is 12.7. The highest BCUT2D eigenvalue weighted by Crippen LogP contribution is 2.43. The number of hydrogen-bond donors (Lipinski definition) is 3. The zero-order chi connectivity index (χ0) is 32.4. The SMILES string of the molecule is C[C@H]1[C@@H](CN2CCC3(CC2)C(=O)NCN3c2ccccc2)O[C@@H](c2cccc(-c3cccc(CN)c3)c2)O[C@H]1c1ccc(CO)cc1. The van der Waals surface area contributed by atoms with Crippen molar-refractivity contribution in [3.8, 4) is 11.1 Å². The smallest absolute Gasteiger partial charge is 0.247 e. The minimum atomic E-state index is -0.554. The van der Waals surface area contributed by atoms with Crippen molar-refractivity contribution < 1.29 is 19.4 Å². The predicted molar refractivity (Wildman–Crippen MR) is 183 cm³/mol. The topological polar surface area (TPSA) is 100 Å². The number of aliphatic hydroxyl groups excluding tert-OH is 1. The second kappa shape index (κ2) is 13.6. The van der Waals surface area contributed by atoms with Crippen molar-refractivity contribution in [3.63, 3.8) is 0 Å². The lowest BCUT2D eigenvalue weighted by molar-refractivity contribution is -0.276. The largest absolute Gasteiger partial charge is 0.392 e. The van der Waals surface area contributed by atoms with E-state index in [0.717, 1.165) is 71.5 Å². The van der Waals surface area contributed by atoms with Crippen LogP contribution in [0.3, 0.4) is 0 Å². The van der Waals surface area contributed by atoms with Crippen LogP contribution in [0.5, 0.6) is 0 Å². The molecule has 4 aromatic carbocycles. The zero-order valence-corrected chi connectivity index (χ0v) is 26.9. The van der Waals surface area contributed by atoms with Gasteiger partial charge in [0.25, 0.3) is 0 Å². The van der Waals surface area contributed by atoms with Gasteiger partial charge in [0.15, 0.2) is 6.29 Å². The zero-order valence-electron chi connectivity index (χ0n) is 26.9. The average molecular weight is 633 g/mol. The van der Waals surface area contributed by atoms with Gasteiger partial charge in [-0.3, -0.25) is 4.79 Å². The number of nitrogens with two attached hydrogens (primary N) is 1. The minimum Gasteiger partial charge on any atom is -0.392 e. The van der Waals surface area contributed by atoms with E-state index in [-0.39, 0.29) is 30.6 Å². The maximum atomic E-state index is 13.3. The summed E-state index contributed by atoms with van der Waals surface area (Å²) < 4.78 is 13.6. The lowest BCUT2D eigenvalue weighted by Gasteiger charge is -2.46. The van der Waals surface area contributed by atoms with Crippen LogP contribution in [0, 0.1) is 5.92 Å². The van der Waals surface area contributed by atoms with Crippen LogP contribution in [0.25, 0.3) is 11.1 Å². The number of nitrogens with zero attached hydrogens (tertiary/aromatic N) is 2. The van der Waals surface area contributed by atoms with Crippen LogP contribution in [0.2, 0.25) is 0 Å². The summed E-state index contributed by atoms with van der Waals surface area (Å²) in [4.78, 5) is 18.0. The molecule has 0 unspecified atom stereocenters. The van der Waals surface area contributed by atoms with E-state index in [1.807, 2.05) is 42.5 Å². The average Bonchev–Trinajstić information content (AvgIpc) is 3.44. The van der Waals surface area contributed by atoms with E-state index in [2.05, 4.69) is 82.7 Å². The van der Waals surface area contributed by atoms with Crippen molar-refractivity contribution in [3.05, 3.63) is 125 Å². The molecule has 0 aromatic heterocycles. The van der Waals surface area contributed by atoms with Crippen molar-refractivity contribution in [1.29, 1.82) is 0 Å². The van der Waals surface area contributed by atoms with Crippen LogP contribution in [0.1, 0.15) is 54.4 Å². The third-order valence-electron chi connectivity index (χ3n) is 10.3. The Bertz CT molecular complexity index is 1670. The molecule has 0 bridgehead atoms. The van der Waals surface area contributed by atoms with Gasteiger partial charge in [-0.2, -0.15) is 0 Å². The number of amides is 1. The first kappa shape index (κ1) is 31.5. The molecule has 47 heavy (non-hydrogen) atoms. The summed E-state index contributed by atoms with van der Waals surface area (Å²) in [5.74, 6) is 0.196. The van der Waals surface area contributed by atoms with Crippen molar-refractivity contribution in [2.75, 3.05) is 31.2 Å². The molecular formula is C39H44N4O4. The molecule has 4 aromatic rings. The van der Waals surface area contributed by atoms with Gasteiger partial charge >= 0.3 is 0 Å². The van der Waals surface area contributed by atoms with Crippen LogP contribution in [0.15, 0.2) is 103 Å². The van der Waals surface area contributed by atoms with Gasteiger partial charge in [0.1, 0.15) is 5.54 Å². The summed E-state index contributed by atoms with van der Waals surface area (Å²) in [6, 6.07) is 35.0. The fraction of sp³-hybridized carbons (Fsp3) is 0.359.